The molecule has 2 rings (SSSR count). The maximum atomic E-state index is 11.5. The topological polar surface area (TPSA) is 105 Å². The lowest BCUT2D eigenvalue weighted by Gasteiger charge is -1.99. The molecule has 0 unspecified atom stereocenters. The Morgan fingerprint density at radius 3 is 3.12 bits per heavy atom. The largest absolute Gasteiger partial charge is 0.394 e. The van der Waals surface area contributed by atoms with Crippen LogP contribution in [-0.2, 0) is 4.79 Å². The number of nitrogens with zero attached hydrogens (tertiary/aromatic N) is 2. The van der Waals surface area contributed by atoms with Gasteiger partial charge in [0.2, 0.25) is 0 Å². The molecular formula is C10H9N5OS. The number of hydrogen-bond donors (Lipinski definition) is 3. The van der Waals surface area contributed by atoms with Gasteiger partial charge < -0.3 is 11.1 Å². The first-order valence-corrected chi connectivity index (χ1v) is 5.50. The molecule has 2 heterocycles. The zero-order valence-corrected chi connectivity index (χ0v) is 9.49. The SMILES string of the molecule is N=C/C=C(\N)C(=O)Nc1nc2ccncc2s1. The quantitative estimate of drug-likeness (QED) is 0.558. The Kier molecular flexibility index (Phi) is 3.10. The number of hydrogen-bond acceptors (Lipinski definition) is 6. The fraction of sp³-hybridized carbons (Fsp3) is 0. The number of nitrogens with two attached hydrogens (primary N) is 1. The third kappa shape index (κ3) is 2.45. The van der Waals surface area contributed by atoms with Gasteiger partial charge in [-0.1, -0.05) is 11.3 Å². The van der Waals surface area contributed by atoms with Crippen molar-refractivity contribution in [1.82, 2.24) is 9.97 Å². The zero-order chi connectivity index (χ0) is 12.3. The van der Waals surface area contributed by atoms with Crippen LogP contribution in [0.25, 0.3) is 10.2 Å². The summed E-state index contributed by atoms with van der Waals surface area (Å²) in [6.45, 7) is 0. The van der Waals surface area contributed by atoms with E-state index in [9.17, 15) is 4.79 Å². The summed E-state index contributed by atoms with van der Waals surface area (Å²) in [5.41, 5.74) is 6.17. The molecule has 0 saturated carbocycles. The summed E-state index contributed by atoms with van der Waals surface area (Å²) < 4.78 is 0.886. The van der Waals surface area contributed by atoms with Crippen LogP contribution in [0.5, 0.6) is 0 Å². The summed E-state index contributed by atoms with van der Waals surface area (Å²) in [6, 6.07) is 1.76. The maximum absolute atomic E-state index is 11.5. The highest BCUT2D eigenvalue weighted by molar-refractivity contribution is 7.22. The third-order valence-corrected chi connectivity index (χ3v) is 2.86. The van der Waals surface area contributed by atoms with Crippen LogP contribution in [0.3, 0.4) is 0 Å². The first kappa shape index (κ1) is 11.2. The van der Waals surface area contributed by atoms with Gasteiger partial charge in [-0.05, 0) is 12.1 Å². The van der Waals surface area contributed by atoms with E-state index in [0.717, 1.165) is 16.4 Å². The first-order valence-electron chi connectivity index (χ1n) is 4.69. The van der Waals surface area contributed by atoms with E-state index in [1.54, 1.807) is 18.5 Å². The Hall–Kier alpha value is -2.28. The Morgan fingerprint density at radius 1 is 1.59 bits per heavy atom. The highest BCUT2D eigenvalue weighted by Gasteiger charge is 2.09. The molecule has 2 aromatic heterocycles. The molecule has 0 saturated heterocycles. The van der Waals surface area contributed by atoms with Gasteiger partial charge in [-0.3, -0.25) is 15.1 Å². The number of aromatic nitrogens is 2. The van der Waals surface area contributed by atoms with Crippen molar-refractivity contribution in [3.63, 3.8) is 0 Å². The van der Waals surface area contributed by atoms with Gasteiger partial charge in [-0.15, -0.1) is 0 Å². The van der Waals surface area contributed by atoms with Crippen LogP contribution in [0.1, 0.15) is 0 Å². The Labute approximate surface area is 101 Å². The van der Waals surface area contributed by atoms with Gasteiger partial charge in [0.05, 0.1) is 15.9 Å². The Morgan fingerprint density at radius 2 is 2.41 bits per heavy atom. The van der Waals surface area contributed by atoms with Gasteiger partial charge in [-0.2, -0.15) is 0 Å². The molecule has 0 spiro atoms. The van der Waals surface area contributed by atoms with Gasteiger partial charge in [0.15, 0.2) is 5.13 Å². The lowest BCUT2D eigenvalue weighted by Crippen LogP contribution is -2.19. The number of thiazole rings is 1. The van der Waals surface area contributed by atoms with Crippen LogP contribution in [0.4, 0.5) is 5.13 Å². The molecule has 0 radical (unpaired) electrons. The van der Waals surface area contributed by atoms with Crippen molar-refractivity contribution in [2.75, 3.05) is 5.32 Å². The van der Waals surface area contributed by atoms with Crippen molar-refractivity contribution in [3.05, 3.63) is 30.2 Å². The number of carbonyl (C=O) groups excluding carboxylic acids is 1. The molecule has 0 aromatic carbocycles. The zero-order valence-electron chi connectivity index (χ0n) is 8.68. The summed E-state index contributed by atoms with van der Waals surface area (Å²) in [7, 11) is 0. The Balaban J connectivity index is 2.21. The highest BCUT2D eigenvalue weighted by atomic mass is 32.1. The second kappa shape index (κ2) is 4.71. The molecule has 0 aliphatic heterocycles. The number of allylic oxidation sites excluding steroid dienone is 1. The molecule has 2 aromatic rings. The smallest absolute Gasteiger partial charge is 0.273 e. The number of fused-ring (bicyclic) bond motifs is 1. The van der Waals surface area contributed by atoms with Crippen LogP contribution in [0.15, 0.2) is 30.2 Å². The molecule has 17 heavy (non-hydrogen) atoms. The molecule has 0 atom stereocenters. The average Bonchev–Trinajstić information content (AvgIpc) is 2.71. The van der Waals surface area contributed by atoms with Gasteiger partial charge in [0.25, 0.3) is 5.91 Å². The number of amides is 1. The number of pyridine rings is 1. The van der Waals surface area contributed by atoms with E-state index in [2.05, 4.69) is 15.3 Å². The van der Waals surface area contributed by atoms with Gasteiger partial charge in [0, 0.05) is 18.6 Å². The number of nitrogens with one attached hydrogen (secondary N) is 2. The summed E-state index contributed by atoms with van der Waals surface area (Å²) in [6.07, 6.45) is 5.48. The van der Waals surface area contributed by atoms with Crippen molar-refractivity contribution < 1.29 is 4.79 Å². The van der Waals surface area contributed by atoms with E-state index in [0.29, 0.717) is 5.13 Å². The molecule has 86 valence electrons. The predicted molar refractivity (Wildman–Crippen MR) is 67.1 cm³/mol. The molecular weight excluding hydrogens is 238 g/mol. The lowest BCUT2D eigenvalue weighted by atomic mass is 10.4. The first-order chi connectivity index (χ1) is 8.20. The van der Waals surface area contributed by atoms with Crippen molar-refractivity contribution in [2.45, 2.75) is 0 Å². The molecule has 6 nitrogen and oxygen atoms in total. The second-order valence-corrected chi connectivity index (χ2v) is 4.14. The van der Waals surface area contributed by atoms with Crippen molar-refractivity contribution in [1.29, 1.82) is 5.41 Å². The summed E-state index contributed by atoms with van der Waals surface area (Å²) in [5.74, 6) is -0.472. The highest BCUT2D eigenvalue weighted by Crippen LogP contribution is 2.24. The predicted octanol–water partition coefficient (Wildman–Crippen LogP) is 1.12. The summed E-state index contributed by atoms with van der Waals surface area (Å²) in [5, 5.41) is 9.83. The van der Waals surface area contributed by atoms with E-state index < -0.39 is 5.91 Å². The standard InChI is InChI=1S/C10H9N5OS/c11-3-1-6(12)9(16)15-10-14-7-2-4-13-5-8(7)17-10/h1-5,11H,12H2,(H,14,15,16)/b6-1-,11-3?. The fourth-order valence-electron chi connectivity index (χ4n) is 1.17. The van der Waals surface area contributed by atoms with Gasteiger partial charge in [-0.25, -0.2) is 4.98 Å². The van der Waals surface area contributed by atoms with E-state index in [4.69, 9.17) is 11.1 Å². The number of carbonyl (C=O) groups is 1. The monoisotopic (exact) mass is 247 g/mol. The average molecular weight is 247 g/mol. The van der Waals surface area contributed by atoms with Crippen molar-refractivity contribution in [3.8, 4) is 0 Å². The third-order valence-electron chi connectivity index (χ3n) is 1.94. The maximum Gasteiger partial charge on any atom is 0.273 e. The molecule has 0 bridgehead atoms. The van der Waals surface area contributed by atoms with Crippen molar-refractivity contribution in [2.24, 2.45) is 5.73 Å². The van der Waals surface area contributed by atoms with Crippen LogP contribution in [0.2, 0.25) is 0 Å². The van der Waals surface area contributed by atoms with Gasteiger partial charge >= 0.3 is 0 Å². The molecule has 7 heteroatoms. The van der Waals surface area contributed by atoms with Gasteiger partial charge in [0.1, 0.15) is 0 Å². The molecule has 1 amide bonds. The molecule has 0 aliphatic rings. The minimum absolute atomic E-state index is 0.0302. The van der Waals surface area contributed by atoms with E-state index in [1.165, 1.54) is 17.4 Å². The molecule has 4 N–H and O–H groups in total. The lowest BCUT2D eigenvalue weighted by molar-refractivity contribution is -0.112. The number of anilines is 1. The van der Waals surface area contributed by atoms with E-state index >= 15 is 0 Å². The van der Waals surface area contributed by atoms with Crippen LogP contribution >= 0.6 is 11.3 Å². The number of rotatable bonds is 3. The fourth-order valence-corrected chi connectivity index (χ4v) is 2.00. The molecule has 0 fully saturated rings. The van der Waals surface area contributed by atoms with Crippen LogP contribution in [0, 0.1) is 5.41 Å². The van der Waals surface area contributed by atoms with Crippen LogP contribution < -0.4 is 11.1 Å². The van der Waals surface area contributed by atoms with Crippen LogP contribution in [-0.4, -0.2) is 22.1 Å². The second-order valence-electron chi connectivity index (χ2n) is 3.11. The summed E-state index contributed by atoms with van der Waals surface area (Å²) >= 11 is 1.32. The van der Waals surface area contributed by atoms with Crippen molar-refractivity contribution >= 4 is 38.8 Å². The minimum atomic E-state index is -0.472. The summed E-state index contributed by atoms with van der Waals surface area (Å²) in [4.78, 5) is 19.7. The minimum Gasteiger partial charge on any atom is -0.394 e. The Bertz CT molecular complexity index is 571. The van der Waals surface area contributed by atoms with E-state index in [-0.39, 0.29) is 5.70 Å². The normalized spacial score (nSPS) is 11.4. The molecule has 0 aliphatic carbocycles. The van der Waals surface area contributed by atoms with E-state index in [1.807, 2.05) is 0 Å².